The molecule has 2 heterocycles. The van der Waals surface area contributed by atoms with Crippen LogP contribution >= 0.6 is 22.7 Å². The molecule has 0 atom stereocenters. The highest BCUT2D eigenvalue weighted by atomic mass is 32.1. The minimum atomic E-state index is 0.973. The summed E-state index contributed by atoms with van der Waals surface area (Å²) in [5, 5.41) is 12.6. The average Bonchev–Trinajstić information content (AvgIpc) is 3.85. The van der Waals surface area contributed by atoms with Crippen LogP contribution in [0.4, 0.5) is 28.4 Å². The van der Waals surface area contributed by atoms with Gasteiger partial charge in [-0.25, -0.2) is 0 Å². The Bertz CT molecular complexity index is 3480. The molecule has 0 N–H and O–H groups in total. The Morgan fingerprint density at radius 3 is 1.36 bits per heavy atom. The third kappa shape index (κ3) is 5.30. The number of fused-ring (bicyclic) bond motifs is 11. The van der Waals surface area contributed by atoms with Crippen molar-refractivity contribution in [3.05, 3.63) is 200 Å². The summed E-state index contributed by atoms with van der Waals surface area (Å²) < 4.78 is 5.27. The Balaban J connectivity index is 1.13. The molecule has 0 saturated heterocycles. The van der Waals surface area contributed by atoms with E-state index >= 15 is 0 Å². The monoisotopic (exact) mass is 776 g/mol. The van der Waals surface area contributed by atoms with Gasteiger partial charge in [0.25, 0.3) is 0 Å². The van der Waals surface area contributed by atoms with Crippen molar-refractivity contribution in [2.75, 3.05) is 9.80 Å². The summed E-state index contributed by atoms with van der Waals surface area (Å²) >= 11 is 3.74. The minimum absolute atomic E-state index is 0.973. The minimum Gasteiger partial charge on any atom is -0.314 e. The molecule has 0 amide bonds. The first-order valence-electron chi connectivity index (χ1n) is 20.0. The predicted molar refractivity (Wildman–Crippen MR) is 254 cm³/mol. The number of anilines is 5. The molecule has 0 spiro atoms. The van der Waals surface area contributed by atoms with E-state index in [1.54, 1.807) is 0 Å². The van der Waals surface area contributed by atoms with Crippen LogP contribution in [0.15, 0.2) is 200 Å². The summed E-state index contributed by atoms with van der Waals surface area (Å²) in [5.74, 6) is 0. The maximum absolute atomic E-state index is 2.54. The molecule has 1 aliphatic rings. The van der Waals surface area contributed by atoms with Crippen LogP contribution in [0.3, 0.4) is 0 Å². The topological polar surface area (TPSA) is 6.48 Å². The summed E-state index contributed by atoms with van der Waals surface area (Å²) in [6, 6.07) is 65.4. The molecular weight excluding hydrogens is 741 g/mol. The molecule has 0 radical (unpaired) electrons. The zero-order valence-electron chi connectivity index (χ0n) is 31.6. The van der Waals surface area contributed by atoms with Crippen molar-refractivity contribution in [1.29, 1.82) is 0 Å². The standard InChI is InChI=1S/C54H36N2S2/c1-3-15-35(16-4-1)55(37-27-29-53-47(31-37)43-23-11-13-25-51(43)57-53)49-33-45-40-20-8-10-22-42(40)50(34-46(45)39-19-7-9-21-41(39)49)56(36-17-5-2-6-18-36)38-28-30-54-48(32-38)44-24-12-14-26-52(44)58-54/h1-5,7-17,19-34H,6,18H2. The number of hydrogen-bond acceptors (Lipinski definition) is 4. The summed E-state index contributed by atoms with van der Waals surface area (Å²) in [4.78, 5) is 5.00. The molecule has 0 aliphatic heterocycles. The Morgan fingerprint density at radius 1 is 0.345 bits per heavy atom. The van der Waals surface area contributed by atoms with Crippen LogP contribution in [0.25, 0.3) is 72.7 Å². The number of nitrogens with zero attached hydrogens (tertiary/aromatic N) is 2. The molecule has 274 valence electrons. The van der Waals surface area contributed by atoms with Gasteiger partial charge in [0.2, 0.25) is 0 Å². The van der Waals surface area contributed by atoms with E-state index in [0.29, 0.717) is 0 Å². The Morgan fingerprint density at radius 2 is 0.810 bits per heavy atom. The Hall–Kier alpha value is -6.72. The molecule has 4 heteroatoms. The van der Waals surface area contributed by atoms with Crippen LogP contribution in [-0.4, -0.2) is 0 Å². The molecule has 2 nitrogen and oxygen atoms in total. The van der Waals surface area contributed by atoms with Gasteiger partial charge in [-0.15, -0.1) is 22.7 Å². The number of thiophene rings is 2. The fraction of sp³-hybridized carbons (Fsp3) is 0.0370. The van der Waals surface area contributed by atoms with Gasteiger partial charge in [-0.05, 0) is 113 Å². The summed E-state index contributed by atoms with van der Waals surface area (Å²) in [7, 11) is 0. The zero-order valence-corrected chi connectivity index (χ0v) is 33.2. The molecule has 58 heavy (non-hydrogen) atoms. The van der Waals surface area contributed by atoms with Crippen molar-refractivity contribution < 1.29 is 0 Å². The van der Waals surface area contributed by atoms with E-state index < -0.39 is 0 Å². The van der Waals surface area contributed by atoms with Gasteiger partial charge in [0.05, 0.1) is 11.4 Å². The average molecular weight is 777 g/mol. The SMILES string of the molecule is C1=CCCC(N(c2ccc3sc4ccccc4c3c2)c2cc3c4ccccc4c(N(c4ccccc4)c4ccc5sc6ccccc6c5c4)cc3c3ccccc23)=C1. The van der Waals surface area contributed by atoms with Crippen molar-refractivity contribution >= 4 is 124 Å². The number of hydrogen-bond donors (Lipinski definition) is 0. The van der Waals surface area contributed by atoms with Crippen LogP contribution in [0.5, 0.6) is 0 Å². The normalized spacial score (nSPS) is 13.1. The molecular formula is C54H36N2S2. The number of para-hydroxylation sites is 1. The molecule has 0 fully saturated rings. The molecule has 1 aliphatic carbocycles. The lowest BCUT2D eigenvalue weighted by molar-refractivity contribution is 0.920. The van der Waals surface area contributed by atoms with E-state index in [-0.39, 0.29) is 0 Å². The van der Waals surface area contributed by atoms with Gasteiger partial charge in [-0.1, -0.05) is 115 Å². The fourth-order valence-electron chi connectivity index (χ4n) is 9.23. The smallest absolute Gasteiger partial charge is 0.0546 e. The maximum Gasteiger partial charge on any atom is 0.0546 e. The van der Waals surface area contributed by atoms with Gasteiger partial charge in [-0.2, -0.15) is 0 Å². The fourth-order valence-corrected chi connectivity index (χ4v) is 11.4. The van der Waals surface area contributed by atoms with Gasteiger partial charge in [0.1, 0.15) is 0 Å². The molecule has 0 bridgehead atoms. The van der Waals surface area contributed by atoms with Gasteiger partial charge in [0, 0.05) is 73.9 Å². The van der Waals surface area contributed by atoms with Crippen molar-refractivity contribution in [2.45, 2.75) is 12.8 Å². The van der Waals surface area contributed by atoms with Crippen LogP contribution in [-0.2, 0) is 0 Å². The van der Waals surface area contributed by atoms with E-state index in [1.165, 1.54) is 89.7 Å². The predicted octanol–water partition coefficient (Wildman–Crippen LogP) is 16.7. The highest BCUT2D eigenvalue weighted by Crippen LogP contribution is 2.49. The highest BCUT2D eigenvalue weighted by Gasteiger charge is 2.24. The van der Waals surface area contributed by atoms with Crippen LogP contribution < -0.4 is 9.80 Å². The second-order valence-corrected chi connectivity index (χ2v) is 17.3. The molecule has 11 aromatic rings. The lowest BCUT2D eigenvalue weighted by atomic mass is 9.93. The van der Waals surface area contributed by atoms with E-state index in [2.05, 4.69) is 204 Å². The summed E-state index contributed by atoms with van der Waals surface area (Å²) in [5.41, 5.74) is 7.14. The molecule has 9 aromatic carbocycles. The Kier molecular flexibility index (Phi) is 7.75. The molecule has 2 aromatic heterocycles. The lowest BCUT2D eigenvalue weighted by Gasteiger charge is -2.31. The van der Waals surface area contributed by atoms with Crippen LogP contribution in [0.1, 0.15) is 12.8 Å². The maximum atomic E-state index is 2.54. The molecule has 0 unspecified atom stereocenters. The Labute approximate surface area is 344 Å². The number of rotatable bonds is 6. The van der Waals surface area contributed by atoms with E-state index in [0.717, 1.165) is 29.9 Å². The first-order valence-corrected chi connectivity index (χ1v) is 21.6. The number of benzene rings is 9. The first-order chi connectivity index (χ1) is 28.8. The highest BCUT2D eigenvalue weighted by molar-refractivity contribution is 7.26. The third-order valence-electron chi connectivity index (χ3n) is 11.9. The first kappa shape index (κ1) is 33.4. The van der Waals surface area contributed by atoms with Crippen molar-refractivity contribution in [3.63, 3.8) is 0 Å². The molecule has 0 saturated carbocycles. The van der Waals surface area contributed by atoms with Crippen molar-refractivity contribution in [2.24, 2.45) is 0 Å². The van der Waals surface area contributed by atoms with Gasteiger partial charge < -0.3 is 9.80 Å². The second kappa shape index (κ2) is 13.5. The lowest BCUT2D eigenvalue weighted by Crippen LogP contribution is -2.18. The van der Waals surface area contributed by atoms with Crippen molar-refractivity contribution in [1.82, 2.24) is 0 Å². The third-order valence-corrected chi connectivity index (χ3v) is 14.2. The molecule has 12 rings (SSSR count). The van der Waals surface area contributed by atoms with Crippen LogP contribution in [0.2, 0.25) is 0 Å². The van der Waals surface area contributed by atoms with Gasteiger partial charge in [-0.3, -0.25) is 0 Å². The second-order valence-electron chi connectivity index (χ2n) is 15.2. The van der Waals surface area contributed by atoms with E-state index in [4.69, 9.17) is 0 Å². The van der Waals surface area contributed by atoms with E-state index in [9.17, 15) is 0 Å². The zero-order chi connectivity index (χ0) is 38.2. The summed E-state index contributed by atoms with van der Waals surface area (Å²) in [6.07, 6.45) is 8.81. The largest absolute Gasteiger partial charge is 0.314 e. The van der Waals surface area contributed by atoms with Gasteiger partial charge >= 0.3 is 0 Å². The summed E-state index contributed by atoms with van der Waals surface area (Å²) in [6.45, 7) is 0. The van der Waals surface area contributed by atoms with E-state index in [1.807, 2.05) is 22.7 Å². The van der Waals surface area contributed by atoms with Crippen molar-refractivity contribution in [3.8, 4) is 0 Å². The number of allylic oxidation sites excluding steroid dienone is 4. The quantitative estimate of drug-likeness (QED) is 0.155. The van der Waals surface area contributed by atoms with Crippen LogP contribution in [0, 0.1) is 0 Å². The van der Waals surface area contributed by atoms with Gasteiger partial charge in [0.15, 0.2) is 0 Å².